The van der Waals surface area contributed by atoms with Gasteiger partial charge in [-0.1, -0.05) is 6.07 Å². The van der Waals surface area contributed by atoms with E-state index in [4.69, 9.17) is 5.11 Å². The molecule has 0 saturated heterocycles. The highest BCUT2D eigenvalue weighted by Crippen LogP contribution is 2.19. The van der Waals surface area contributed by atoms with E-state index in [0.717, 1.165) is 19.4 Å². The number of rotatable bonds is 5. The Labute approximate surface area is 114 Å². The van der Waals surface area contributed by atoms with Crippen molar-refractivity contribution in [3.05, 3.63) is 34.0 Å². The molecule has 0 aliphatic heterocycles. The van der Waals surface area contributed by atoms with Gasteiger partial charge in [-0.3, -0.25) is 4.79 Å². The first kappa shape index (κ1) is 12.4. The smallest absolute Gasteiger partial charge is 0.303 e. The van der Waals surface area contributed by atoms with Crippen LogP contribution in [0.1, 0.15) is 19.3 Å². The Bertz CT molecular complexity index is 533. The average Bonchev–Trinajstić information content (AvgIpc) is 2.67. The number of halogens is 1. The number of hydrogen-bond donors (Lipinski definition) is 1. The molecule has 1 N–H and O–H groups in total. The van der Waals surface area contributed by atoms with Gasteiger partial charge in [0.25, 0.3) is 0 Å². The van der Waals surface area contributed by atoms with Gasteiger partial charge >= 0.3 is 5.97 Å². The summed E-state index contributed by atoms with van der Waals surface area (Å²) in [5, 5.41) is 9.81. The number of aromatic nitrogens is 1. The van der Waals surface area contributed by atoms with Crippen LogP contribution in [-0.4, -0.2) is 15.6 Å². The summed E-state index contributed by atoms with van der Waals surface area (Å²) in [7, 11) is 0. The zero-order chi connectivity index (χ0) is 12.3. The van der Waals surface area contributed by atoms with Crippen molar-refractivity contribution in [2.24, 2.45) is 0 Å². The summed E-state index contributed by atoms with van der Waals surface area (Å²) in [5.74, 6) is -0.711. The second-order valence-corrected chi connectivity index (χ2v) is 5.31. The minimum atomic E-state index is -0.711. The Balaban J connectivity index is 2.03. The number of aliphatic carboxylic acids is 1. The van der Waals surface area contributed by atoms with Crippen molar-refractivity contribution in [3.8, 4) is 0 Å². The first-order valence-corrected chi connectivity index (χ1v) is 6.71. The van der Waals surface area contributed by atoms with Crippen LogP contribution < -0.4 is 0 Å². The number of nitrogens with zero attached hydrogens (tertiary/aromatic N) is 1. The van der Waals surface area contributed by atoms with Crippen LogP contribution in [0, 0.1) is 3.57 Å². The van der Waals surface area contributed by atoms with Crippen molar-refractivity contribution >= 4 is 39.5 Å². The Kier molecular flexibility index (Phi) is 4.04. The third-order valence-electron chi connectivity index (χ3n) is 2.78. The molecule has 3 nitrogen and oxygen atoms in total. The highest BCUT2D eigenvalue weighted by atomic mass is 127. The molecule has 0 spiro atoms. The molecule has 2 rings (SSSR count). The van der Waals surface area contributed by atoms with Crippen LogP contribution in [0.4, 0.5) is 0 Å². The molecule has 1 heterocycles. The molecule has 0 aliphatic rings. The van der Waals surface area contributed by atoms with Gasteiger partial charge in [-0.2, -0.15) is 0 Å². The van der Waals surface area contributed by atoms with Crippen molar-refractivity contribution in [3.63, 3.8) is 0 Å². The van der Waals surface area contributed by atoms with Crippen LogP contribution in [-0.2, 0) is 11.3 Å². The van der Waals surface area contributed by atoms with Gasteiger partial charge in [0.05, 0.1) is 0 Å². The van der Waals surface area contributed by atoms with Gasteiger partial charge in [0, 0.05) is 28.2 Å². The fraction of sp³-hybridized carbons (Fsp3) is 0.308. The zero-order valence-corrected chi connectivity index (χ0v) is 11.6. The van der Waals surface area contributed by atoms with Crippen molar-refractivity contribution in [2.75, 3.05) is 0 Å². The summed E-state index contributed by atoms with van der Waals surface area (Å²) >= 11 is 2.30. The summed E-state index contributed by atoms with van der Waals surface area (Å²) in [6.07, 6.45) is 3.97. The van der Waals surface area contributed by atoms with Crippen molar-refractivity contribution in [2.45, 2.75) is 25.8 Å². The van der Waals surface area contributed by atoms with Gasteiger partial charge < -0.3 is 9.67 Å². The molecule has 0 amide bonds. The zero-order valence-electron chi connectivity index (χ0n) is 9.40. The second kappa shape index (κ2) is 5.53. The van der Waals surface area contributed by atoms with E-state index in [1.165, 1.54) is 14.5 Å². The number of carbonyl (C=O) groups is 1. The fourth-order valence-electron chi connectivity index (χ4n) is 1.91. The molecule has 1 aromatic carbocycles. The second-order valence-electron chi connectivity index (χ2n) is 4.06. The standard InChI is InChI=1S/C13H14INO2/c14-11-5-4-10-6-8-15(12(10)9-11)7-2-1-3-13(16)17/h4-6,8-9H,1-3,7H2,(H,16,17). The van der Waals surface area contributed by atoms with Crippen LogP contribution in [0.2, 0.25) is 0 Å². The minimum absolute atomic E-state index is 0.261. The lowest BCUT2D eigenvalue weighted by atomic mass is 10.2. The maximum absolute atomic E-state index is 10.4. The first-order chi connectivity index (χ1) is 8.16. The molecule has 0 atom stereocenters. The number of fused-ring (bicyclic) bond motifs is 1. The van der Waals surface area contributed by atoms with Gasteiger partial charge in [-0.15, -0.1) is 0 Å². The van der Waals surface area contributed by atoms with E-state index < -0.39 is 5.97 Å². The molecule has 0 aliphatic carbocycles. The third kappa shape index (κ3) is 3.21. The van der Waals surface area contributed by atoms with Crippen LogP contribution in [0.25, 0.3) is 10.9 Å². The van der Waals surface area contributed by atoms with Crippen molar-refractivity contribution in [1.29, 1.82) is 0 Å². The molecule has 0 saturated carbocycles. The van der Waals surface area contributed by atoms with E-state index in [-0.39, 0.29) is 6.42 Å². The van der Waals surface area contributed by atoms with Crippen LogP contribution in [0.5, 0.6) is 0 Å². The number of unbranched alkanes of at least 4 members (excludes halogenated alkanes) is 1. The Morgan fingerprint density at radius 3 is 2.88 bits per heavy atom. The summed E-state index contributed by atoms with van der Waals surface area (Å²) in [6.45, 7) is 0.886. The van der Waals surface area contributed by atoms with Gasteiger partial charge in [0.2, 0.25) is 0 Å². The number of carboxylic acid groups (broad SMARTS) is 1. The molecule has 17 heavy (non-hydrogen) atoms. The molecule has 90 valence electrons. The Hall–Kier alpha value is -1.04. The van der Waals surface area contributed by atoms with Crippen LogP contribution in [0.15, 0.2) is 30.5 Å². The van der Waals surface area contributed by atoms with Crippen LogP contribution in [0.3, 0.4) is 0 Å². The number of hydrogen-bond acceptors (Lipinski definition) is 1. The van der Waals surface area contributed by atoms with Gasteiger partial charge in [-0.25, -0.2) is 0 Å². The molecule has 2 aromatic rings. The normalized spacial score (nSPS) is 10.9. The van der Waals surface area contributed by atoms with E-state index >= 15 is 0 Å². The largest absolute Gasteiger partial charge is 0.481 e. The molecule has 4 heteroatoms. The average molecular weight is 343 g/mol. The quantitative estimate of drug-likeness (QED) is 0.667. The van der Waals surface area contributed by atoms with E-state index in [1.807, 2.05) is 0 Å². The minimum Gasteiger partial charge on any atom is -0.481 e. The highest BCUT2D eigenvalue weighted by Gasteiger charge is 2.02. The monoisotopic (exact) mass is 343 g/mol. The third-order valence-corrected chi connectivity index (χ3v) is 3.45. The fourth-order valence-corrected chi connectivity index (χ4v) is 2.39. The predicted molar refractivity (Wildman–Crippen MR) is 76.1 cm³/mol. The van der Waals surface area contributed by atoms with Crippen molar-refractivity contribution < 1.29 is 9.90 Å². The summed E-state index contributed by atoms with van der Waals surface area (Å²) in [6, 6.07) is 8.47. The summed E-state index contributed by atoms with van der Waals surface area (Å²) < 4.78 is 3.42. The summed E-state index contributed by atoms with van der Waals surface area (Å²) in [4.78, 5) is 10.4. The lowest BCUT2D eigenvalue weighted by Crippen LogP contribution is -1.99. The SMILES string of the molecule is O=C(O)CCCCn1ccc2ccc(I)cc21. The highest BCUT2D eigenvalue weighted by molar-refractivity contribution is 14.1. The molecule has 0 fully saturated rings. The maximum atomic E-state index is 10.4. The number of benzene rings is 1. The lowest BCUT2D eigenvalue weighted by Gasteiger charge is -2.04. The van der Waals surface area contributed by atoms with Crippen LogP contribution >= 0.6 is 22.6 Å². The lowest BCUT2D eigenvalue weighted by molar-refractivity contribution is -0.137. The Morgan fingerprint density at radius 2 is 2.12 bits per heavy atom. The van der Waals surface area contributed by atoms with E-state index in [1.54, 1.807) is 0 Å². The molecular weight excluding hydrogens is 329 g/mol. The predicted octanol–water partition coefficient (Wildman–Crippen LogP) is 3.50. The van der Waals surface area contributed by atoms with E-state index in [9.17, 15) is 4.79 Å². The topological polar surface area (TPSA) is 42.2 Å². The number of carboxylic acids is 1. The molecule has 0 unspecified atom stereocenters. The molecular formula is C13H14INO2. The van der Waals surface area contributed by atoms with E-state index in [2.05, 4.69) is 57.6 Å². The van der Waals surface area contributed by atoms with Crippen molar-refractivity contribution in [1.82, 2.24) is 4.57 Å². The van der Waals surface area contributed by atoms with Gasteiger partial charge in [0.1, 0.15) is 0 Å². The Morgan fingerprint density at radius 1 is 1.29 bits per heavy atom. The van der Waals surface area contributed by atoms with E-state index in [0.29, 0.717) is 0 Å². The van der Waals surface area contributed by atoms with Gasteiger partial charge in [-0.05, 0) is 59.0 Å². The first-order valence-electron chi connectivity index (χ1n) is 5.63. The van der Waals surface area contributed by atoms with Gasteiger partial charge in [0.15, 0.2) is 0 Å². The molecule has 0 bridgehead atoms. The number of aryl methyl sites for hydroxylation is 1. The maximum Gasteiger partial charge on any atom is 0.303 e. The summed E-state index contributed by atoms with van der Waals surface area (Å²) in [5.41, 5.74) is 1.23. The molecule has 1 aromatic heterocycles. The molecule has 0 radical (unpaired) electrons.